The zero-order valence-corrected chi connectivity index (χ0v) is 21.3. The van der Waals surface area contributed by atoms with Gasteiger partial charge in [-0.25, -0.2) is 10.9 Å². The lowest BCUT2D eigenvalue weighted by Crippen LogP contribution is -2.25. The van der Waals surface area contributed by atoms with E-state index >= 15 is 0 Å². The third-order valence-electron chi connectivity index (χ3n) is 4.04. The van der Waals surface area contributed by atoms with Crippen LogP contribution in [0.3, 0.4) is 0 Å². The van der Waals surface area contributed by atoms with Gasteiger partial charge in [-0.15, -0.1) is 0 Å². The van der Waals surface area contributed by atoms with Gasteiger partial charge in [0, 0.05) is 0 Å². The van der Waals surface area contributed by atoms with Gasteiger partial charge in [0.25, 0.3) is 11.8 Å². The highest BCUT2D eigenvalue weighted by Crippen LogP contribution is 2.30. The predicted molar refractivity (Wildman–Crippen MR) is 131 cm³/mol. The fourth-order valence-electron chi connectivity index (χ4n) is 2.80. The lowest BCUT2D eigenvalue weighted by molar-refractivity contribution is -0.123. The van der Waals surface area contributed by atoms with Gasteiger partial charge in [-0.1, -0.05) is 12.1 Å². The smallest absolute Gasteiger partial charge is 0.277 e. The van der Waals surface area contributed by atoms with Crippen LogP contribution in [-0.2, 0) is 9.59 Å². The highest BCUT2D eigenvalue weighted by atomic mass is 79.9. The maximum absolute atomic E-state index is 11.8. The molecule has 2 aromatic carbocycles. The Labute approximate surface area is 203 Å². The van der Waals surface area contributed by atoms with Gasteiger partial charge in [-0.2, -0.15) is 10.2 Å². The topological polar surface area (TPSA) is 101 Å². The van der Waals surface area contributed by atoms with E-state index in [0.717, 1.165) is 31.2 Å². The number of hydrazone groups is 2. The maximum Gasteiger partial charge on any atom is 0.277 e. The highest BCUT2D eigenvalue weighted by molar-refractivity contribution is 9.10. The molecule has 0 bridgehead atoms. The summed E-state index contributed by atoms with van der Waals surface area (Å²) in [5, 5.41) is 7.42. The predicted octanol–water partition coefficient (Wildman–Crippen LogP) is 4.11. The standard InChI is InChI=1S/C22H24Br2N4O4/c1-13-7-15(3)21(17(23)9-13)31-11-19(29)27-25-5-6-26-28-20(30)12-32-22-16(4)8-14(2)10-18(22)24/h5-10H,11-12H2,1-4H3,(H,27,29)(H,28,30). The van der Waals surface area contributed by atoms with E-state index in [1.807, 2.05) is 52.0 Å². The number of amides is 2. The summed E-state index contributed by atoms with van der Waals surface area (Å²) in [5.74, 6) is 0.346. The summed E-state index contributed by atoms with van der Waals surface area (Å²) in [6, 6.07) is 7.75. The molecule has 170 valence electrons. The second-order valence-corrected chi connectivity index (χ2v) is 8.70. The molecule has 0 fully saturated rings. The van der Waals surface area contributed by atoms with Gasteiger partial charge in [-0.05, 0) is 93.9 Å². The number of nitrogens with one attached hydrogen (secondary N) is 2. The molecule has 0 spiro atoms. The van der Waals surface area contributed by atoms with Gasteiger partial charge >= 0.3 is 0 Å². The monoisotopic (exact) mass is 566 g/mol. The first kappa shape index (κ1) is 25.5. The Bertz CT molecular complexity index is 925. The van der Waals surface area contributed by atoms with Crippen LogP contribution in [0, 0.1) is 27.7 Å². The summed E-state index contributed by atoms with van der Waals surface area (Å²) in [4.78, 5) is 23.7. The summed E-state index contributed by atoms with van der Waals surface area (Å²) >= 11 is 6.85. The summed E-state index contributed by atoms with van der Waals surface area (Å²) in [7, 11) is 0. The van der Waals surface area contributed by atoms with Crippen LogP contribution in [-0.4, -0.2) is 37.5 Å². The second kappa shape index (κ2) is 12.4. The number of ether oxygens (including phenoxy) is 2. The third-order valence-corrected chi connectivity index (χ3v) is 5.21. The van der Waals surface area contributed by atoms with E-state index in [2.05, 4.69) is 52.9 Å². The minimum Gasteiger partial charge on any atom is -0.482 e. The van der Waals surface area contributed by atoms with E-state index < -0.39 is 11.8 Å². The number of carbonyl (C=O) groups is 2. The molecule has 8 nitrogen and oxygen atoms in total. The van der Waals surface area contributed by atoms with E-state index in [1.165, 1.54) is 12.4 Å². The van der Waals surface area contributed by atoms with E-state index in [9.17, 15) is 9.59 Å². The molecule has 0 aliphatic heterocycles. The van der Waals surface area contributed by atoms with Gasteiger partial charge < -0.3 is 9.47 Å². The van der Waals surface area contributed by atoms with E-state index in [0.29, 0.717) is 11.5 Å². The molecule has 0 aliphatic carbocycles. The second-order valence-electron chi connectivity index (χ2n) is 6.99. The molecule has 0 aromatic heterocycles. The minimum absolute atomic E-state index is 0.195. The first-order chi connectivity index (χ1) is 15.2. The third kappa shape index (κ3) is 8.08. The molecule has 2 amide bonds. The number of hydrogen-bond donors (Lipinski definition) is 2. The Kier molecular flexibility index (Phi) is 9.86. The Morgan fingerprint density at radius 3 is 1.50 bits per heavy atom. The number of hydrogen-bond acceptors (Lipinski definition) is 6. The van der Waals surface area contributed by atoms with Crippen molar-refractivity contribution in [2.45, 2.75) is 27.7 Å². The number of aryl methyl sites for hydroxylation is 4. The van der Waals surface area contributed by atoms with Crippen LogP contribution in [0.25, 0.3) is 0 Å². The van der Waals surface area contributed by atoms with Crippen LogP contribution in [0.15, 0.2) is 43.4 Å². The molecule has 10 heteroatoms. The molecule has 0 unspecified atom stereocenters. The van der Waals surface area contributed by atoms with E-state index in [-0.39, 0.29) is 13.2 Å². The Morgan fingerprint density at radius 1 is 0.781 bits per heavy atom. The molecular weight excluding hydrogens is 544 g/mol. The Morgan fingerprint density at radius 2 is 1.16 bits per heavy atom. The average Bonchev–Trinajstić information content (AvgIpc) is 2.68. The van der Waals surface area contributed by atoms with Crippen molar-refractivity contribution in [2.24, 2.45) is 10.2 Å². The molecule has 0 saturated heterocycles. The molecule has 0 heterocycles. The van der Waals surface area contributed by atoms with Gasteiger partial charge in [0.2, 0.25) is 0 Å². The van der Waals surface area contributed by atoms with Crippen LogP contribution >= 0.6 is 31.9 Å². The molecule has 2 aromatic rings. The SMILES string of the molecule is Cc1cc(C)c(OCC(=O)NN=CC=NNC(=O)COc2c(C)cc(C)cc2Br)c(Br)c1. The van der Waals surface area contributed by atoms with Gasteiger partial charge in [0.15, 0.2) is 13.2 Å². The molecule has 32 heavy (non-hydrogen) atoms. The highest BCUT2D eigenvalue weighted by Gasteiger charge is 2.10. The number of carbonyl (C=O) groups excluding carboxylic acids is 2. The fourth-order valence-corrected chi connectivity index (χ4v) is 4.37. The average molecular weight is 568 g/mol. The van der Waals surface area contributed by atoms with Crippen LogP contribution in [0.2, 0.25) is 0 Å². The zero-order chi connectivity index (χ0) is 23.7. The number of halogens is 2. The quantitative estimate of drug-likeness (QED) is 0.352. The largest absolute Gasteiger partial charge is 0.482 e. The summed E-state index contributed by atoms with van der Waals surface area (Å²) in [6.07, 6.45) is 2.46. The maximum atomic E-state index is 11.8. The van der Waals surface area contributed by atoms with Crippen LogP contribution in [0.4, 0.5) is 0 Å². The van der Waals surface area contributed by atoms with Crippen molar-refractivity contribution in [1.29, 1.82) is 0 Å². The summed E-state index contributed by atoms with van der Waals surface area (Å²) < 4.78 is 12.6. The van der Waals surface area contributed by atoms with Gasteiger partial charge in [0.05, 0.1) is 21.4 Å². The lowest BCUT2D eigenvalue weighted by Gasteiger charge is -2.11. The van der Waals surface area contributed by atoms with Crippen molar-refractivity contribution in [1.82, 2.24) is 10.9 Å². The molecule has 0 atom stereocenters. The van der Waals surface area contributed by atoms with E-state index in [4.69, 9.17) is 9.47 Å². The normalized spacial score (nSPS) is 11.1. The molecular formula is C22H24Br2N4O4. The molecule has 0 aliphatic rings. The molecule has 2 rings (SSSR count). The van der Waals surface area contributed by atoms with Crippen molar-refractivity contribution < 1.29 is 19.1 Å². The van der Waals surface area contributed by atoms with Crippen molar-refractivity contribution in [3.8, 4) is 11.5 Å². The molecule has 0 saturated carbocycles. The number of benzene rings is 2. The van der Waals surface area contributed by atoms with Crippen molar-refractivity contribution in [2.75, 3.05) is 13.2 Å². The van der Waals surface area contributed by atoms with Gasteiger partial charge in [-0.3, -0.25) is 9.59 Å². The molecule has 0 radical (unpaired) electrons. The number of rotatable bonds is 9. The van der Waals surface area contributed by atoms with Crippen LogP contribution in [0.5, 0.6) is 11.5 Å². The van der Waals surface area contributed by atoms with Crippen molar-refractivity contribution in [3.63, 3.8) is 0 Å². The minimum atomic E-state index is -0.432. The summed E-state index contributed by atoms with van der Waals surface area (Å²) in [6.45, 7) is 7.37. The number of nitrogens with zero attached hydrogens (tertiary/aromatic N) is 2. The van der Waals surface area contributed by atoms with Crippen molar-refractivity contribution >= 4 is 56.1 Å². The lowest BCUT2D eigenvalue weighted by atomic mass is 10.1. The van der Waals surface area contributed by atoms with Gasteiger partial charge in [0.1, 0.15) is 11.5 Å². The Balaban J connectivity index is 1.70. The summed E-state index contributed by atoms with van der Waals surface area (Å²) in [5.41, 5.74) is 8.64. The van der Waals surface area contributed by atoms with Crippen LogP contribution in [0.1, 0.15) is 22.3 Å². The Hall–Kier alpha value is -2.72. The van der Waals surface area contributed by atoms with Crippen molar-refractivity contribution in [3.05, 3.63) is 55.5 Å². The zero-order valence-electron chi connectivity index (χ0n) is 18.2. The fraction of sp³-hybridized carbons (Fsp3) is 0.273. The first-order valence-electron chi connectivity index (χ1n) is 9.59. The first-order valence-corrected chi connectivity index (χ1v) is 11.2. The molecule has 2 N–H and O–H groups in total. The van der Waals surface area contributed by atoms with Crippen LogP contribution < -0.4 is 20.3 Å². The van der Waals surface area contributed by atoms with E-state index in [1.54, 1.807) is 0 Å².